The molecule has 0 saturated heterocycles. The summed E-state index contributed by atoms with van der Waals surface area (Å²) >= 11 is 0. The lowest BCUT2D eigenvalue weighted by atomic mass is 10.0. The number of aryl methyl sites for hydroxylation is 1. The number of aromatic nitrogens is 1. The normalized spacial score (nSPS) is 10.9. The van der Waals surface area contributed by atoms with Gasteiger partial charge in [-0.2, -0.15) is 0 Å². The van der Waals surface area contributed by atoms with Gasteiger partial charge in [0.1, 0.15) is 5.82 Å². The van der Waals surface area contributed by atoms with Crippen LogP contribution in [0.2, 0.25) is 0 Å². The molecule has 0 atom stereocenters. The smallest absolute Gasteiger partial charge is 0.337 e. The molecule has 0 radical (unpaired) electrons. The first-order valence-electron chi connectivity index (χ1n) is 6.99. The van der Waals surface area contributed by atoms with Crippen LogP contribution in [0.3, 0.4) is 0 Å². The predicted octanol–water partition coefficient (Wildman–Crippen LogP) is 3.69. The zero-order valence-electron chi connectivity index (χ0n) is 12.5. The van der Waals surface area contributed by atoms with Crippen LogP contribution in [0.15, 0.2) is 48.7 Å². The molecule has 3 rings (SSSR count). The van der Waals surface area contributed by atoms with Gasteiger partial charge in [0.2, 0.25) is 0 Å². The molecule has 0 saturated carbocycles. The van der Waals surface area contributed by atoms with E-state index in [2.05, 4.69) is 0 Å². The maximum Gasteiger partial charge on any atom is 0.337 e. The van der Waals surface area contributed by atoms with Crippen molar-refractivity contribution in [1.82, 2.24) is 4.57 Å². The summed E-state index contributed by atoms with van der Waals surface area (Å²) in [5, 5.41) is 1.08. The molecule has 0 fully saturated rings. The Morgan fingerprint density at radius 3 is 2.59 bits per heavy atom. The first-order valence-corrected chi connectivity index (χ1v) is 6.99. The fourth-order valence-electron chi connectivity index (χ4n) is 2.68. The van der Waals surface area contributed by atoms with Gasteiger partial charge in [-0.25, -0.2) is 9.18 Å². The molecule has 0 aliphatic rings. The molecule has 112 valence electrons. The maximum absolute atomic E-state index is 13.0. The van der Waals surface area contributed by atoms with Crippen LogP contribution in [-0.2, 0) is 18.2 Å². The molecule has 0 spiro atoms. The van der Waals surface area contributed by atoms with Gasteiger partial charge in [0.15, 0.2) is 0 Å². The van der Waals surface area contributed by atoms with E-state index in [1.54, 1.807) is 18.2 Å². The van der Waals surface area contributed by atoms with Crippen LogP contribution in [0.5, 0.6) is 0 Å². The summed E-state index contributed by atoms with van der Waals surface area (Å²) in [6.45, 7) is 0. The second-order valence-corrected chi connectivity index (χ2v) is 5.29. The topological polar surface area (TPSA) is 31.2 Å². The fraction of sp³-hybridized carbons (Fsp3) is 0.167. The van der Waals surface area contributed by atoms with Gasteiger partial charge >= 0.3 is 5.97 Å². The van der Waals surface area contributed by atoms with Gasteiger partial charge in [0.25, 0.3) is 0 Å². The van der Waals surface area contributed by atoms with Crippen LogP contribution < -0.4 is 0 Å². The summed E-state index contributed by atoms with van der Waals surface area (Å²) in [4.78, 5) is 11.6. The number of rotatable bonds is 3. The largest absolute Gasteiger partial charge is 0.465 e. The van der Waals surface area contributed by atoms with Crippen molar-refractivity contribution < 1.29 is 13.9 Å². The maximum atomic E-state index is 13.0. The van der Waals surface area contributed by atoms with E-state index in [0.29, 0.717) is 5.56 Å². The van der Waals surface area contributed by atoms with Gasteiger partial charge in [0, 0.05) is 24.1 Å². The number of fused-ring (bicyclic) bond motifs is 1. The van der Waals surface area contributed by atoms with E-state index in [1.807, 2.05) is 29.9 Å². The van der Waals surface area contributed by atoms with E-state index in [4.69, 9.17) is 4.74 Å². The SMILES string of the molecule is COC(=O)c1ccc2c(Cc3ccc(F)cc3)cn(C)c2c1. The van der Waals surface area contributed by atoms with Crippen molar-refractivity contribution in [3.8, 4) is 0 Å². The summed E-state index contributed by atoms with van der Waals surface area (Å²) < 4.78 is 19.7. The van der Waals surface area contributed by atoms with Crippen LogP contribution in [0.1, 0.15) is 21.5 Å². The molecule has 0 aliphatic carbocycles. The van der Waals surface area contributed by atoms with E-state index in [1.165, 1.54) is 19.2 Å². The lowest BCUT2D eigenvalue weighted by Crippen LogP contribution is -2.01. The second-order valence-electron chi connectivity index (χ2n) is 5.29. The molecule has 0 aliphatic heterocycles. The number of hydrogen-bond donors (Lipinski definition) is 0. The molecule has 22 heavy (non-hydrogen) atoms. The van der Waals surface area contributed by atoms with E-state index in [-0.39, 0.29) is 11.8 Å². The average Bonchev–Trinajstić information content (AvgIpc) is 2.84. The number of ether oxygens (including phenoxy) is 1. The first-order chi connectivity index (χ1) is 10.6. The molecular weight excluding hydrogens is 281 g/mol. The van der Waals surface area contributed by atoms with Crippen LogP contribution in [0.25, 0.3) is 10.9 Å². The third-order valence-electron chi connectivity index (χ3n) is 3.80. The third-order valence-corrected chi connectivity index (χ3v) is 3.80. The van der Waals surface area contributed by atoms with E-state index >= 15 is 0 Å². The van der Waals surface area contributed by atoms with Gasteiger partial charge in [-0.15, -0.1) is 0 Å². The Balaban J connectivity index is 2.00. The molecule has 1 aromatic heterocycles. The number of benzene rings is 2. The number of halogens is 1. The number of carbonyl (C=O) groups is 1. The Morgan fingerprint density at radius 1 is 1.18 bits per heavy atom. The van der Waals surface area contributed by atoms with Gasteiger partial charge in [-0.3, -0.25) is 0 Å². The van der Waals surface area contributed by atoms with Gasteiger partial charge < -0.3 is 9.30 Å². The molecule has 1 heterocycles. The van der Waals surface area contributed by atoms with Crippen molar-refractivity contribution in [2.45, 2.75) is 6.42 Å². The minimum absolute atomic E-state index is 0.232. The molecule has 0 amide bonds. The minimum atomic E-state index is -0.344. The van der Waals surface area contributed by atoms with Gasteiger partial charge in [0.05, 0.1) is 12.7 Å². The molecule has 3 nitrogen and oxygen atoms in total. The highest BCUT2D eigenvalue weighted by Crippen LogP contribution is 2.24. The Bertz CT molecular complexity index is 834. The zero-order valence-corrected chi connectivity index (χ0v) is 12.5. The summed E-state index contributed by atoms with van der Waals surface area (Å²) in [5.41, 5.74) is 3.69. The number of hydrogen-bond acceptors (Lipinski definition) is 2. The molecule has 0 unspecified atom stereocenters. The van der Waals surface area contributed by atoms with Crippen molar-refractivity contribution >= 4 is 16.9 Å². The van der Waals surface area contributed by atoms with Gasteiger partial charge in [-0.05, 0) is 41.8 Å². The Labute approximate surface area is 127 Å². The predicted molar refractivity (Wildman–Crippen MR) is 83.5 cm³/mol. The highest BCUT2D eigenvalue weighted by Gasteiger charge is 2.11. The first kappa shape index (κ1) is 14.3. The number of esters is 1. The minimum Gasteiger partial charge on any atom is -0.465 e. The average molecular weight is 297 g/mol. The van der Waals surface area contributed by atoms with Crippen molar-refractivity contribution in [3.63, 3.8) is 0 Å². The van der Waals surface area contributed by atoms with E-state index in [9.17, 15) is 9.18 Å². The molecule has 2 aromatic carbocycles. The van der Waals surface area contributed by atoms with Crippen molar-refractivity contribution in [2.75, 3.05) is 7.11 Å². The molecule has 0 bridgehead atoms. The van der Waals surface area contributed by atoms with Crippen molar-refractivity contribution in [2.24, 2.45) is 7.05 Å². The Morgan fingerprint density at radius 2 is 1.91 bits per heavy atom. The monoisotopic (exact) mass is 297 g/mol. The Hall–Kier alpha value is -2.62. The molecular formula is C18H16FNO2. The number of nitrogens with zero attached hydrogens (tertiary/aromatic N) is 1. The van der Waals surface area contributed by atoms with Crippen LogP contribution >= 0.6 is 0 Å². The molecule has 3 aromatic rings. The molecule has 4 heteroatoms. The van der Waals surface area contributed by atoms with Crippen LogP contribution in [-0.4, -0.2) is 17.6 Å². The standard InChI is InChI=1S/C18H16FNO2/c1-20-11-14(9-12-3-6-15(19)7-4-12)16-8-5-13(10-17(16)20)18(21)22-2/h3-8,10-11H,9H2,1-2H3. The van der Waals surface area contributed by atoms with E-state index < -0.39 is 0 Å². The van der Waals surface area contributed by atoms with Crippen molar-refractivity contribution in [1.29, 1.82) is 0 Å². The lowest BCUT2D eigenvalue weighted by Gasteiger charge is -2.02. The zero-order chi connectivity index (χ0) is 15.7. The van der Waals surface area contributed by atoms with Crippen LogP contribution in [0, 0.1) is 5.82 Å². The summed E-state index contributed by atoms with van der Waals surface area (Å²) in [7, 11) is 3.31. The lowest BCUT2D eigenvalue weighted by molar-refractivity contribution is 0.0601. The third kappa shape index (κ3) is 2.60. The quantitative estimate of drug-likeness (QED) is 0.690. The number of methoxy groups -OCH3 is 1. The molecule has 0 N–H and O–H groups in total. The van der Waals surface area contributed by atoms with Crippen LogP contribution in [0.4, 0.5) is 4.39 Å². The second kappa shape index (κ2) is 5.64. The van der Waals surface area contributed by atoms with Gasteiger partial charge in [-0.1, -0.05) is 18.2 Å². The summed E-state index contributed by atoms with van der Waals surface area (Å²) in [6.07, 6.45) is 2.75. The fourth-order valence-corrected chi connectivity index (χ4v) is 2.68. The van der Waals surface area contributed by atoms with E-state index in [0.717, 1.165) is 28.5 Å². The Kier molecular flexibility index (Phi) is 3.67. The summed E-state index contributed by atoms with van der Waals surface area (Å²) in [6, 6.07) is 12.0. The highest BCUT2D eigenvalue weighted by molar-refractivity contribution is 5.95. The number of carbonyl (C=O) groups excluding carboxylic acids is 1. The van der Waals surface area contributed by atoms with Crippen molar-refractivity contribution in [3.05, 3.63) is 71.2 Å². The highest BCUT2D eigenvalue weighted by atomic mass is 19.1. The summed E-state index contributed by atoms with van der Waals surface area (Å²) in [5.74, 6) is -0.576.